The first-order valence-electron chi connectivity index (χ1n) is 9.79. The molecule has 0 spiro atoms. The zero-order valence-corrected chi connectivity index (χ0v) is 16.1. The van der Waals surface area contributed by atoms with Gasteiger partial charge in [-0.2, -0.15) is 0 Å². The quantitative estimate of drug-likeness (QED) is 0.553. The van der Waals surface area contributed by atoms with E-state index in [1.807, 2.05) is 41.2 Å². The number of aliphatic hydroxyl groups excluding tert-OH is 1. The molecular weight excluding hydrogens is 368 g/mol. The van der Waals surface area contributed by atoms with Crippen LogP contribution in [0.15, 0.2) is 43.0 Å². The molecule has 4 aromatic rings. The predicted molar refractivity (Wildman–Crippen MR) is 110 cm³/mol. The van der Waals surface area contributed by atoms with E-state index in [0.29, 0.717) is 17.9 Å². The summed E-state index contributed by atoms with van der Waals surface area (Å²) in [7, 11) is 1.61. The average molecular weight is 390 g/mol. The van der Waals surface area contributed by atoms with Gasteiger partial charge in [0, 0.05) is 17.8 Å². The molecule has 1 saturated carbocycles. The van der Waals surface area contributed by atoms with E-state index in [2.05, 4.69) is 25.4 Å². The molecule has 3 heterocycles. The Morgan fingerprint density at radius 3 is 2.79 bits per heavy atom. The summed E-state index contributed by atoms with van der Waals surface area (Å²) in [6.07, 6.45) is 8.61. The Kier molecular flexibility index (Phi) is 4.48. The first kappa shape index (κ1) is 17.8. The van der Waals surface area contributed by atoms with Crippen molar-refractivity contribution in [3.8, 4) is 17.0 Å². The molecule has 0 bridgehead atoms. The molecule has 8 heteroatoms. The minimum absolute atomic E-state index is 0.172. The Bertz CT molecular complexity index is 1170. The minimum atomic E-state index is -0.172. The molecule has 1 aromatic carbocycles. The van der Waals surface area contributed by atoms with Crippen LogP contribution in [-0.2, 0) is 0 Å². The van der Waals surface area contributed by atoms with Gasteiger partial charge < -0.3 is 15.2 Å². The van der Waals surface area contributed by atoms with Crippen LogP contribution in [0.2, 0.25) is 0 Å². The van der Waals surface area contributed by atoms with Crippen molar-refractivity contribution in [2.24, 2.45) is 0 Å². The standard InChI is InChI=1S/C21H22N6O2/c1-29-20-17-10-13(2-7-18(17)23-12-24-20)16-8-9-27-19(16)11-22-21(26-27)25-14-3-5-15(28)6-4-14/h2,7-12,14-15,28H,3-6H2,1H3,(H,25,26). The van der Waals surface area contributed by atoms with Gasteiger partial charge >= 0.3 is 0 Å². The highest BCUT2D eigenvalue weighted by Gasteiger charge is 2.20. The number of aromatic nitrogens is 5. The fraction of sp³-hybridized carbons (Fsp3) is 0.333. The van der Waals surface area contributed by atoms with E-state index in [-0.39, 0.29) is 6.10 Å². The van der Waals surface area contributed by atoms with Crippen molar-refractivity contribution in [2.75, 3.05) is 12.4 Å². The summed E-state index contributed by atoms with van der Waals surface area (Å²) in [5.74, 6) is 1.16. The molecule has 1 aliphatic rings. The van der Waals surface area contributed by atoms with Crippen LogP contribution in [0.1, 0.15) is 25.7 Å². The molecule has 5 rings (SSSR count). The van der Waals surface area contributed by atoms with Gasteiger partial charge in [-0.1, -0.05) is 6.07 Å². The van der Waals surface area contributed by atoms with E-state index in [9.17, 15) is 5.11 Å². The Morgan fingerprint density at radius 1 is 1.10 bits per heavy atom. The van der Waals surface area contributed by atoms with Crippen molar-refractivity contribution in [1.29, 1.82) is 0 Å². The van der Waals surface area contributed by atoms with Crippen molar-refractivity contribution in [1.82, 2.24) is 24.6 Å². The lowest BCUT2D eigenvalue weighted by Crippen LogP contribution is -2.29. The second-order valence-electron chi connectivity index (χ2n) is 7.41. The third-order valence-corrected chi connectivity index (χ3v) is 5.55. The molecule has 0 aliphatic heterocycles. The van der Waals surface area contributed by atoms with Crippen LogP contribution in [0, 0.1) is 0 Å². The van der Waals surface area contributed by atoms with Gasteiger partial charge in [-0.25, -0.2) is 19.5 Å². The highest BCUT2D eigenvalue weighted by Crippen LogP contribution is 2.30. The number of benzene rings is 1. The lowest BCUT2D eigenvalue weighted by Gasteiger charge is -2.26. The number of hydrogen-bond donors (Lipinski definition) is 2. The Labute approximate surface area is 167 Å². The van der Waals surface area contributed by atoms with E-state index in [1.165, 1.54) is 6.33 Å². The van der Waals surface area contributed by atoms with Crippen LogP contribution in [0.4, 0.5) is 5.95 Å². The summed E-state index contributed by atoms with van der Waals surface area (Å²) in [5.41, 5.74) is 3.82. The topological polar surface area (TPSA) is 97.5 Å². The minimum Gasteiger partial charge on any atom is -0.480 e. The number of aliphatic hydroxyl groups is 1. The molecule has 0 saturated heterocycles. The highest BCUT2D eigenvalue weighted by atomic mass is 16.5. The summed E-state index contributed by atoms with van der Waals surface area (Å²) < 4.78 is 7.22. The van der Waals surface area contributed by atoms with Gasteiger partial charge in [0.15, 0.2) is 0 Å². The van der Waals surface area contributed by atoms with Crippen molar-refractivity contribution >= 4 is 22.4 Å². The van der Waals surface area contributed by atoms with Crippen LogP contribution in [0.25, 0.3) is 27.5 Å². The normalized spacial score (nSPS) is 19.5. The monoisotopic (exact) mass is 390 g/mol. The van der Waals surface area contributed by atoms with E-state index >= 15 is 0 Å². The zero-order chi connectivity index (χ0) is 19.8. The molecule has 2 N–H and O–H groups in total. The summed E-state index contributed by atoms with van der Waals surface area (Å²) >= 11 is 0. The maximum Gasteiger partial charge on any atom is 0.241 e. The number of fused-ring (bicyclic) bond motifs is 2. The third-order valence-electron chi connectivity index (χ3n) is 5.55. The van der Waals surface area contributed by atoms with E-state index in [1.54, 1.807) is 7.11 Å². The van der Waals surface area contributed by atoms with Crippen LogP contribution < -0.4 is 10.1 Å². The Hall–Kier alpha value is -3.26. The van der Waals surface area contributed by atoms with Crippen LogP contribution in [0.5, 0.6) is 5.88 Å². The molecule has 0 unspecified atom stereocenters. The molecule has 148 valence electrons. The van der Waals surface area contributed by atoms with Crippen LogP contribution in [-0.4, -0.2) is 48.9 Å². The summed E-state index contributed by atoms with van der Waals surface area (Å²) in [4.78, 5) is 13.0. The number of nitrogens with zero attached hydrogens (tertiary/aromatic N) is 5. The molecule has 29 heavy (non-hydrogen) atoms. The maximum absolute atomic E-state index is 9.67. The fourth-order valence-electron chi connectivity index (χ4n) is 3.98. The Morgan fingerprint density at radius 2 is 1.97 bits per heavy atom. The smallest absolute Gasteiger partial charge is 0.241 e. The van der Waals surface area contributed by atoms with Crippen LogP contribution >= 0.6 is 0 Å². The third kappa shape index (κ3) is 3.36. The second kappa shape index (κ2) is 7.29. The summed E-state index contributed by atoms with van der Waals surface area (Å²) in [6.45, 7) is 0. The molecular formula is C21H22N6O2. The van der Waals surface area contributed by atoms with Crippen LogP contribution in [0.3, 0.4) is 0 Å². The second-order valence-corrected chi connectivity index (χ2v) is 7.41. The summed E-state index contributed by atoms with van der Waals surface area (Å²) in [5, 5.41) is 18.5. The van der Waals surface area contributed by atoms with Gasteiger partial charge in [-0.15, -0.1) is 5.10 Å². The van der Waals surface area contributed by atoms with Crippen molar-refractivity contribution in [3.63, 3.8) is 0 Å². The number of rotatable bonds is 4. The van der Waals surface area contributed by atoms with Gasteiger partial charge in [0.1, 0.15) is 6.33 Å². The lowest BCUT2D eigenvalue weighted by atomic mass is 9.93. The van der Waals surface area contributed by atoms with Crippen molar-refractivity contribution in [3.05, 3.63) is 43.0 Å². The van der Waals surface area contributed by atoms with Crippen molar-refractivity contribution in [2.45, 2.75) is 37.8 Å². The average Bonchev–Trinajstić information content (AvgIpc) is 3.18. The van der Waals surface area contributed by atoms with Gasteiger partial charge in [-0.05, 0) is 49.4 Å². The van der Waals surface area contributed by atoms with E-state index in [4.69, 9.17) is 4.74 Å². The molecule has 0 amide bonds. The predicted octanol–water partition coefficient (Wildman–Crippen LogP) is 3.06. The largest absolute Gasteiger partial charge is 0.480 e. The van der Waals surface area contributed by atoms with Gasteiger partial charge in [0.2, 0.25) is 11.8 Å². The van der Waals surface area contributed by atoms with Gasteiger partial charge in [-0.3, -0.25) is 0 Å². The lowest BCUT2D eigenvalue weighted by molar-refractivity contribution is 0.126. The van der Waals surface area contributed by atoms with E-state index < -0.39 is 0 Å². The van der Waals surface area contributed by atoms with E-state index in [0.717, 1.165) is 53.2 Å². The SMILES string of the molecule is COc1ncnc2ccc(-c3ccn4nc(NC5CCC(O)CC5)ncc34)cc12. The van der Waals surface area contributed by atoms with Gasteiger partial charge in [0.05, 0.1) is 35.8 Å². The number of hydrogen-bond acceptors (Lipinski definition) is 7. The fourth-order valence-corrected chi connectivity index (χ4v) is 3.98. The van der Waals surface area contributed by atoms with Crippen molar-refractivity contribution < 1.29 is 9.84 Å². The number of anilines is 1. The molecule has 3 aromatic heterocycles. The first-order chi connectivity index (χ1) is 14.2. The first-order valence-corrected chi connectivity index (χ1v) is 9.79. The highest BCUT2D eigenvalue weighted by molar-refractivity contribution is 5.91. The van der Waals surface area contributed by atoms with Gasteiger partial charge in [0.25, 0.3) is 0 Å². The Balaban J connectivity index is 1.46. The molecule has 1 aliphatic carbocycles. The molecule has 0 radical (unpaired) electrons. The summed E-state index contributed by atoms with van der Waals surface area (Å²) in [6, 6.07) is 8.36. The number of nitrogens with one attached hydrogen (secondary N) is 1. The molecule has 8 nitrogen and oxygen atoms in total. The zero-order valence-electron chi connectivity index (χ0n) is 16.1. The molecule has 0 atom stereocenters. The number of ether oxygens (including phenoxy) is 1. The molecule has 1 fully saturated rings. The maximum atomic E-state index is 9.67. The number of methoxy groups -OCH3 is 1.